The average molecular weight is 292 g/mol. The number of hydrogen-bond donors (Lipinski definition) is 2. The Balaban J connectivity index is 2.26. The van der Waals surface area contributed by atoms with Crippen molar-refractivity contribution in [3.8, 4) is 6.07 Å². The minimum absolute atomic E-state index is 0.266. The molecule has 1 unspecified atom stereocenters. The third-order valence-electron chi connectivity index (χ3n) is 3.50. The maximum absolute atomic E-state index is 11.1. The van der Waals surface area contributed by atoms with Crippen LogP contribution in [0, 0.1) is 11.3 Å². The number of rotatable bonds is 2. The number of thiocarbonyl (C=S) groups is 1. The van der Waals surface area contributed by atoms with Crippen LogP contribution in [0.3, 0.4) is 0 Å². The minimum atomic E-state index is -1.48. The summed E-state index contributed by atoms with van der Waals surface area (Å²) in [5.41, 5.74) is 0.749. The summed E-state index contributed by atoms with van der Waals surface area (Å²) >= 11 is 5.21. The molecule has 0 radical (unpaired) electrons. The van der Waals surface area contributed by atoms with E-state index in [2.05, 4.69) is 11.4 Å². The van der Waals surface area contributed by atoms with Gasteiger partial charge in [-0.2, -0.15) is 5.26 Å². The predicted octanol–water partition coefficient (Wildman–Crippen LogP) is 2.74. The van der Waals surface area contributed by atoms with Gasteiger partial charge < -0.3 is 10.4 Å². The zero-order valence-electron chi connectivity index (χ0n) is 11.1. The molecule has 3 nitrogen and oxygen atoms in total. The van der Waals surface area contributed by atoms with Crippen LogP contribution in [0.15, 0.2) is 66.2 Å². The molecule has 1 aliphatic heterocycles. The zero-order chi connectivity index (χ0) is 14.9. The summed E-state index contributed by atoms with van der Waals surface area (Å²) in [7, 11) is 0. The number of nitrogens with one attached hydrogen (secondary N) is 1. The van der Waals surface area contributed by atoms with Gasteiger partial charge in [-0.25, -0.2) is 0 Å². The molecule has 2 N–H and O–H groups in total. The van der Waals surface area contributed by atoms with Crippen molar-refractivity contribution in [2.24, 2.45) is 0 Å². The lowest BCUT2D eigenvalue weighted by atomic mass is 9.89. The molecule has 0 aliphatic carbocycles. The van der Waals surface area contributed by atoms with Gasteiger partial charge in [0.05, 0.1) is 5.57 Å². The Hall–Kier alpha value is -2.48. The summed E-state index contributed by atoms with van der Waals surface area (Å²) in [5.74, 6) is 0. The number of aliphatic hydroxyl groups is 1. The first kappa shape index (κ1) is 13.5. The highest BCUT2D eigenvalue weighted by molar-refractivity contribution is 7.80. The van der Waals surface area contributed by atoms with Gasteiger partial charge in [-0.15, -0.1) is 0 Å². The number of nitrogens with zero attached hydrogens (tertiary/aromatic N) is 1. The van der Waals surface area contributed by atoms with Crippen molar-refractivity contribution < 1.29 is 5.11 Å². The van der Waals surface area contributed by atoms with E-state index in [4.69, 9.17) is 12.2 Å². The topological polar surface area (TPSA) is 56.0 Å². The Morgan fingerprint density at radius 3 is 2.14 bits per heavy atom. The summed E-state index contributed by atoms with van der Waals surface area (Å²) < 4.78 is 0. The van der Waals surface area contributed by atoms with Crippen molar-refractivity contribution >= 4 is 22.8 Å². The first-order chi connectivity index (χ1) is 10.2. The van der Waals surface area contributed by atoms with Gasteiger partial charge in [0.1, 0.15) is 11.1 Å². The summed E-state index contributed by atoms with van der Waals surface area (Å²) in [6.07, 6.45) is 0. The molecular weight excluding hydrogens is 280 g/mol. The van der Waals surface area contributed by atoms with Gasteiger partial charge >= 0.3 is 0 Å². The molecule has 102 valence electrons. The van der Waals surface area contributed by atoms with Crippen molar-refractivity contribution in [2.75, 3.05) is 0 Å². The molecular formula is C17H12N2OS. The fourth-order valence-electron chi connectivity index (χ4n) is 2.54. The molecule has 3 rings (SSSR count). The quantitative estimate of drug-likeness (QED) is 0.836. The molecule has 1 heterocycles. The number of benzene rings is 2. The Labute approximate surface area is 128 Å². The molecule has 0 bridgehead atoms. The second-order valence-electron chi connectivity index (χ2n) is 4.76. The minimum Gasteiger partial charge on any atom is -0.363 e. The molecule has 21 heavy (non-hydrogen) atoms. The summed E-state index contributed by atoms with van der Waals surface area (Å²) in [5, 5.41) is 23.4. The molecule has 0 aromatic heterocycles. The Morgan fingerprint density at radius 2 is 1.57 bits per heavy atom. The largest absolute Gasteiger partial charge is 0.363 e. The predicted molar refractivity (Wildman–Crippen MR) is 85.0 cm³/mol. The van der Waals surface area contributed by atoms with Crippen LogP contribution in [0.25, 0.3) is 5.57 Å². The fourth-order valence-corrected chi connectivity index (χ4v) is 2.84. The first-order valence-corrected chi connectivity index (χ1v) is 6.88. The molecule has 0 saturated heterocycles. The summed E-state index contributed by atoms with van der Waals surface area (Å²) in [4.78, 5) is 0.266. The van der Waals surface area contributed by atoms with E-state index >= 15 is 0 Å². The van der Waals surface area contributed by atoms with E-state index in [1.165, 1.54) is 0 Å². The third kappa shape index (κ3) is 2.13. The highest BCUT2D eigenvalue weighted by atomic mass is 32.1. The van der Waals surface area contributed by atoms with E-state index in [1.54, 1.807) is 12.1 Å². The Bertz CT molecular complexity index is 762. The van der Waals surface area contributed by atoms with E-state index < -0.39 is 5.72 Å². The average Bonchev–Trinajstić information content (AvgIpc) is 2.80. The summed E-state index contributed by atoms with van der Waals surface area (Å²) in [6.45, 7) is 0. The van der Waals surface area contributed by atoms with Gasteiger partial charge in [0.2, 0.25) is 0 Å². The van der Waals surface area contributed by atoms with E-state index in [0.29, 0.717) is 16.7 Å². The van der Waals surface area contributed by atoms with Crippen LogP contribution in [0.2, 0.25) is 0 Å². The summed E-state index contributed by atoms with van der Waals surface area (Å²) in [6, 6.07) is 20.6. The molecule has 1 aliphatic rings. The zero-order valence-corrected chi connectivity index (χ0v) is 11.9. The van der Waals surface area contributed by atoms with E-state index in [1.807, 2.05) is 48.5 Å². The SMILES string of the molecule is N#CC1=C(c2ccccc2)C(O)(c2ccccc2)NC1=S. The van der Waals surface area contributed by atoms with Crippen molar-refractivity contribution in [1.29, 1.82) is 5.26 Å². The monoisotopic (exact) mass is 292 g/mol. The second kappa shape index (κ2) is 5.13. The van der Waals surface area contributed by atoms with Gasteiger partial charge in [0.25, 0.3) is 0 Å². The van der Waals surface area contributed by atoms with Crippen LogP contribution in [-0.4, -0.2) is 10.1 Å². The molecule has 0 spiro atoms. The van der Waals surface area contributed by atoms with Gasteiger partial charge in [0.15, 0.2) is 5.72 Å². The highest BCUT2D eigenvalue weighted by Gasteiger charge is 2.44. The van der Waals surface area contributed by atoms with Crippen LogP contribution in [0.1, 0.15) is 11.1 Å². The lowest BCUT2D eigenvalue weighted by Gasteiger charge is -2.27. The maximum atomic E-state index is 11.1. The Morgan fingerprint density at radius 1 is 1.00 bits per heavy atom. The van der Waals surface area contributed by atoms with Crippen molar-refractivity contribution in [3.63, 3.8) is 0 Å². The van der Waals surface area contributed by atoms with Gasteiger partial charge in [-0.05, 0) is 5.56 Å². The van der Waals surface area contributed by atoms with Crippen LogP contribution >= 0.6 is 12.2 Å². The number of hydrogen-bond acceptors (Lipinski definition) is 3. The molecule has 1 atom stereocenters. The Kier molecular flexibility index (Phi) is 3.30. The van der Waals surface area contributed by atoms with Crippen molar-refractivity contribution in [3.05, 3.63) is 77.4 Å². The smallest absolute Gasteiger partial charge is 0.191 e. The van der Waals surface area contributed by atoms with Gasteiger partial charge in [-0.3, -0.25) is 0 Å². The first-order valence-electron chi connectivity index (χ1n) is 6.47. The molecule has 0 amide bonds. The van der Waals surface area contributed by atoms with E-state index in [0.717, 1.165) is 5.56 Å². The second-order valence-corrected chi connectivity index (χ2v) is 5.17. The van der Waals surface area contributed by atoms with Crippen LogP contribution in [0.4, 0.5) is 0 Å². The fraction of sp³-hybridized carbons (Fsp3) is 0.0588. The molecule has 0 fully saturated rings. The number of nitriles is 1. The van der Waals surface area contributed by atoms with Crippen LogP contribution < -0.4 is 5.32 Å². The molecule has 0 saturated carbocycles. The van der Waals surface area contributed by atoms with Crippen LogP contribution in [-0.2, 0) is 5.72 Å². The van der Waals surface area contributed by atoms with Crippen molar-refractivity contribution in [2.45, 2.75) is 5.72 Å². The van der Waals surface area contributed by atoms with Crippen molar-refractivity contribution in [1.82, 2.24) is 5.32 Å². The van der Waals surface area contributed by atoms with Gasteiger partial charge in [-0.1, -0.05) is 72.9 Å². The standard InChI is InChI=1S/C17H12N2OS/c18-11-14-15(12-7-3-1-4-8-12)17(20,19-16(14)21)13-9-5-2-6-10-13/h1-10,20H,(H,19,21). The highest BCUT2D eigenvalue weighted by Crippen LogP contribution is 2.40. The van der Waals surface area contributed by atoms with Gasteiger partial charge in [0, 0.05) is 11.1 Å². The molecule has 4 heteroatoms. The van der Waals surface area contributed by atoms with Crippen LogP contribution in [0.5, 0.6) is 0 Å². The van der Waals surface area contributed by atoms with E-state index in [9.17, 15) is 10.4 Å². The molecule has 2 aromatic carbocycles. The lowest BCUT2D eigenvalue weighted by molar-refractivity contribution is 0.0895. The maximum Gasteiger partial charge on any atom is 0.191 e. The normalized spacial score (nSPS) is 21.0. The lowest BCUT2D eigenvalue weighted by Crippen LogP contribution is -2.40. The third-order valence-corrected chi connectivity index (χ3v) is 3.81. The molecule has 2 aromatic rings. The van der Waals surface area contributed by atoms with E-state index in [-0.39, 0.29) is 4.99 Å².